The normalized spacial score (nSPS) is 16.6. The summed E-state index contributed by atoms with van der Waals surface area (Å²) >= 11 is 1.37. The van der Waals surface area contributed by atoms with E-state index in [2.05, 4.69) is 15.3 Å². The molecule has 2 heterocycles. The van der Waals surface area contributed by atoms with E-state index in [1.165, 1.54) is 11.8 Å². The summed E-state index contributed by atoms with van der Waals surface area (Å²) in [4.78, 5) is 33.9. The highest BCUT2D eigenvalue weighted by Crippen LogP contribution is 2.47. The van der Waals surface area contributed by atoms with Crippen LogP contribution in [0.15, 0.2) is 64.1 Å². The van der Waals surface area contributed by atoms with E-state index in [0.29, 0.717) is 34.3 Å². The molecule has 150 valence electrons. The molecule has 0 spiro atoms. The molecule has 1 aliphatic heterocycles. The first-order chi connectivity index (χ1) is 14.6. The molecular weight excluding hydrogens is 398 g/mol. The lowest BCUT2D eigenvalue weighted by Gasteiger charge is -2.27. The van der Waals surface area contributed by atoms with Crippen molar-refractivity contribution in [2.24, 2.45) is 0 Å². The second-order valence-electron chi connectivity index (χ2n) is 7.06. The number of ketones is 1. The van der Waals surface area contributed by atoms with E-state index in [1.54, 1.807) is 0 Å². The SMILES string of the molecule is CCOc1ccc(C2C3=C(Nc4nc(SC)[nH]c(=O)c42)c2ccccc2C3=O)cc1. The molecule has 5 rings (SSSR count). The van der Waals surface area contributed by atoms with Crippen molar-refractivity contribution in [3.05, 3.63) is 86.7 Å². The molecule has 1 atom stereocenters. The van der Waals surface area contributed by atoms with Crippen LogP contribution in [0.2, 0.25) is 0 Å². The van der Waals surface area contributed by atoms with Crippen molar-refractivity contribution in [1.82, 2.24) is 9.97 Å². The fourth-order valence-corrected chi connectivity index (χ4v) is 4.53. The van der Waals surface area contributed by atoms with Crippen LogP contribution in [-0.4, -0.2) is 28.6 Å². The number of aromatic amines is 1. The molecule has 0 fully saturated rings. The maximum absolute atomic E-state index is 13.4. The zero-order chi connectivity index (χ0) is 20.8. The number of carbonyl (C=O) groups excluding carboxylic acids is 1. The number of benzene rings is 2. The van der Waals surface area contributed by atoms with Gasteiger partial charge in [0.25, 0.3) is 5.56 Å². The molecule has 2 N–H and O–H groups in total. The van der Waals surface area contributed by atoms with Crippen LogP contribution in [0.4, 0.5) is 5.82 Å². The molecule has 30 heavy (non-hydrogen) atoms. The van der Waals surface area contributed by atoms with Crippen LogP contribution in [-0.2, 0) is 0 Å². The summed E-state index contributed by atoms with van der Waals surface area (Å²) in [7, 11) is 0. The smallest absolute Gasteiger partial charge is 0.257 e. The lowest BCUT2D eigenvalue weighted by molar-refractivity contribution is 0.103. The van der Waals surface area contributed by atoms with Gasteiger partial charge in [0.1, 0.15) is 11.6 Å². The van der Waals surface area contributed by atoms with E-state index >= 15 is 0 Å². The van der Waals surface area contributed by atoms with Crippen LogP contribution in [0.5, 0.6) is 5.75 Å². The number of anilines is 1. The van der Waals surface area contributed by atoms with Crippen molar-refractivity contribution in [2.75, 3.05) is 18.2 Å². The predicted molar refractivity (Wildman–Crippen MR) is 117 cm³/mol. The monoisotopic (exact) mass is 417 g/mol. The third-order valence-electron chi connectivity index (χ3n) is 5.43. The number of Topliss-reactive ketones (excluding diaryl/α,β-unsaturated/α-hetero) is 1. The van der Waals surface area contributed by atoms with Crippen molar-refractivity contribution in [3.63, 3.8) is 0 Å². The molecule has 2 aromatic carbocycles. The number of rotatable bonds is 4. The Morgan fingerprint density at radius 1 is 1.07 bits per heavy atom. The minimum Gasteiger partial charge on any atom is -0.494 e. The topological polar surface area (TPSA) is 84.1 Å². The highest BCUT2D eigenvalue weighted by molar-refractivity contribution is 7.98. The molecule has 1 aromatic heterocycles. The van der Waals surface area contributed by atoms with Gasteiger partial charge in [-0.2, -0.15) is 0 Å². The van der Waals surface area contributed by atoms with E-state index in [9.17, 15) is 9.59 Å². The number of nitrogens with one attached hydrogen (secondary N) is 2. The van der Waals surface area contributed by atoms with Gasteiger partial charge in [0.15, 0.2) is 10.9 Å². The van der Waals surface area contributed by atoms with Crippen LogP contribution in [0.25, 0.3) is 5.70 Å². The summed E-state index contributed by atoms with van der Waals surface area (Å²) in [6, 6.07) is 15.1. The van der Waals surface area contributed by atoms with E-state index in [0.717, 1.165) is 22.6 Å². The van der Waals surface area contributed by atoms with Gasteiger partial charge < -0.3 is 15.0 Å². The molecule has 1 unspecified atom stereocenters. The lowest BCUT2D eigenvalue weighted by Crippen LogP contribution is -2.28. The fraction of sp³-hybridized carbons (Fsp3) is 0.174. The predicted octanol–water partition coefficient (Wildman–Crippen LogP) is 4.06. The van der Waals surface area contributed by atoms with Gasteiger partial charge in [0, 0.05) is 22.6 Å². The first-order valence-electron chi connectivity index (χ1n) is 9.68. The largest absolute Gasteiger partial charge is 0.494 e. The standard InChI is InChI=1S/C23H19N3O3S/c1-3-29-13-10-8-12(9-11-13)16-17-19(14-6-4-5-7-15(14)20(17)27)24-21-18(16)22(28)26-23(25-21)30-2/h4-11,16H,3H2,1-2H3,(H2,24,25,26,28). The Balaban J connectivity index is 1.74. The molecule has 1 aliphatic carbocycles. The number of ether oxygens (including phenoxy) is 1. The van der Waals surface area contributed by atoms with Gasteiger partial charge in [-0.15, -0.1) is 0 Å². The second-order valence-corrected chi connectivity index (χ2v) is 7.86. The van der Waals surface area contributed by atoms with Crippen molar-refractivity contribution < 1.29 is 9.53 Å². The molecule has 0 amide bonds. The zero-order valence-electron chi connectivity index (χ0n) is 16.5. The molecule has 3 aromatic rings. The molecule has 2 aliphatic rings. The van der Waals surface area contributed by atoms with Crippen molar-refractivity contribution in [1.29, 1.82) is 0 Å². The van der Waals surface area contributed by atoms with E-state index in [4.69, 9.17) is 4.74 Å². The summed E-state index contributed by atoms with van der Waals surface area (Å²) in [5, 5.41) is 3.81. The molecule has 0 bridgehead atoms. The van der Waals surface area contributed by atoms with Gasteiger partial charge in [-0.3, -0.25) is 9.59 Å². The Morgan fingerprint density at radius 2 is 1.80 bits per heavy atom. The number of H-pyrrole nitrogens is 1. The minimum absolute atomic E-state index is 0.0639. The molecule has 6 nitrogen and oxygen atoms in total. The van der Waals surface area contributed by atoms with Crippen LogP contribution in [0.3, 0.4) is 0 Å². The average molecular weight is 417 g/mol. The number of allylic oxidation sites excluding steroid dienone is 1. The molecular formula is C23H19N3O3S. The third kappa shape index (κ3) is 2.77. The first kappa shape index (κ1) is 18.7. The quantitative estimate of drug-likeness (QED) is 0.492. The third-order valence-corrected chi connectivity index (χ3v) is 6.01. The summed E-state index contributed by atoms with van der Waals surface area (Å²) in [6.45, 7) is 2.50. The minimum atomic E-state index is -0.515. The molecule has 0 saturated heterocycles. The summed E-state index contributed by atoms with van der Waals surface area (Å²) in [6.07, 6.45) is 1.86. The van der Waals surface area contributed by atoms with Crippen molar-refractivity contribution >= 4 is 29.1 Å². The second kappa shape index (κ2) is 7.18. The van der Waals surface area contributed by atoms with Gasteiger partial charge in [-0.05, 0) is 30.9 Å². The Labute approximate surface area is 177 Å². The van der Waals surface area contributed by atoms with Gasteiger partial charge in [-0.25, -0.2) is 4.98 Å². The number of hydrogen-bond donors (Lipinski definition) is 2. The Morgan fingerprint density at radius 3 is 2.50 bits per heavy atom. The lowest BCUT2D eigenvalue weighted by atomic mass is 9.81. The van der Waals surface area contributed by atoms with E-state index in [-0.39, 0.29) is 11.3 Å². The average Bonchev–Trinajstić information content (AvgIpc) is 3.05. The van der Waals surface area contributed by atoms with Crippen LogP contribution < -0.4 is 15.6 Å². The maximum atomic E-state index is 13.4. The molecule has 0 saturated carbocycles. The van der Waals surface area contributed by atoms with Crippen LogP contribution in [0, 0.1) is 0 Å². The number of thioether (sulfide) groups is 1. The van der Waals surface area contributed by atoms with E-state index < -0.39 is 5.92 Å². The Bertz CT molecular complexity index is 1260. The Kier molecular flexibility index (Phi) is 4.47. The maximum Gasteiger partial charge on any atom is 0.257 e. The van der Waals surface area contributed by atoms with Crippen molar-refractivity contribution in [3.8, 4) is 5.75 Å². The first-order valence-corrected chi connectivity index (χ1v) is 10.9. The number of carbonyl (C=O) groups is 1. The number of nitrogens with zero attached hydrogens (tertiary/aromatic N) is 1. The van der Waals surface area contributed by atoms with Crippen LogP contribution >= 0.6 is 11.8 Å². The van der Waals surface area contributed by atoms with Crippen LogP contribution in [0.1, 0.15) is 39.9 Å². The Hall–Kier alpha value is -3.32. The zero-order valence-corrected chi connectivity index (χ0v) is 17.3. The highest BCUT2D eigenvalue weighted by Gasteiger charge is 2.42. The summed E-state index contributed by atoms with van der Waals surface area (Å²) < 4.78 is 5.56. The number of aromatic nitrogens is 2. The summed E-state index contributed by atoms with van der Waals surface area (Å²) in [5.74, 6) is 0.658. The van der Waals surface area contributed by atoms with Gasteiger partial charge in [-0.1, -0.05) is 48.2 Å². The van der Waals surface area contributed by atoms with Gasteiger partial charge >= 0.3 is 0 Å². The van der Waals surface area contributed by atoms with Crippen molar-refractivity contribution in [2.45, 2.75) is 18.0 Å². The molecule has 7 heteroatoms. The summed E-state index contributed by atoms with van der Waals surface area (Å²) in [5.41, 5.74) is 3.85. The van der Waals surface area contributed by atoms with E-state index in [1.807, 2.05) is 61.7 Å². The molecule has 0 radical (unpaired) electrons. The van der Waals surface area contributed by atoms with Gasteiger partial charge in [0.2, 0.25) is 0 Å². The number of hydrogen-bond acceptors (Lipinski definition) is 6. The fourth-order valence-electron chi connectivity index (χ4n) is 4.15. The van der Waals surface area contributed by atoms with Gasteiger partial charge in [0.05, 0.1) is 17.9 Å². The number of fused-ring (bicyclic) bond motifs is 3. The highest BCUT2D eigenvalue weighted by atomic mass is 32.2.